The molecule has 1 unspecified atom stereocenters. The Morgan fingerprint density at radius 2 is 2.35 bits per heavy atom. The highest BCUT2D eigenvalue weighted by Gasteiger charge is 2.12. The van der Waals surface area contributed by atoms with Crippen molar-refractivity contribution in [2.75, 3.05) is 13.2 Å². The Kier molecular flexibility index (Phi) is 4.54. The summed E-state index contributed by atoms with van der Waals surface area (Å²) in [7, 11) is 0. The lowest BCUT2D eigenvalue weighted by molar-refractivity contribution is 0.0168. The minimum absolute atomic E-state index is 0.364. The summed E-state index contributed by atoms with van der Waals surface area (Å²) < 4.78 is 5.65. The summed E-state index contributed by atoms with van der Waals surface area (Å²) in [6, 6.07) is 9.87. The first-order valence-electron chi connectivity index (χ1n) is 6.20. The molecular weight excluding hydrogens is 212 g/mol. The Hall–Kier alpha value is -1.37. The van der Waals surface area contributed by atoms with Crippen LogP contribution in [-0.4, -0.2) is 19.3 Å². The maximum Gasteiger partial charge on any atom is 0.0991 e. The largest absolute Gasteiger partial charge is 0.377 e. The second-order valence-electron chi connectivity index (χ2n) is 4.43. The Morgan fingerprint density at radius 3 is 3.12 bits per heavy atom. The normalized spacial score (nSPS) is 19.8. The number of rotatable bonds is 4. The van der Waals surface area contributed by atoms with Gasteiger partial charge in [0.1, 0.15) is 0 Å². The van der Waals surface area contributed by atoms with Crippen LogP contribution in [0.15, 0.2) is 24.3 Å². The monoisotopic (exact) mass is 230 g/mol. The molecule has 1 aliphatic heterocycles. The van der Waals surface area contributed by atoms with Crippen LogP contribution in [0.3, 0.4) is 0 Å². The zero-order valence-corrected chi connectivity index (χ0v) is 9.98. The summed E-state index contributed by atoms with van der Waals surface area (Å²) in [5.74, 6) is 0. The van der Waals surface area contributed by atoms with Crippen molar-refractivity contribution in [3.63, 3.8) is 0 Å². The standard InChI is InChI=1S/C14H18N2O/c15-9-12-4-3-5-13(8-12)10-16-11-14-6-1-2-7-17-14/h3-5,8,14,16H,1-2,6-7,10-11H2. The minimum atomic E-state index is 0.364. The van der Waals surface area contributed by atoms with Crippen LogP contribution in [0.2, 0.25) is 0 Å². The molecule has 0 saturated carbocycles. The van der Waals surface area contributed by atoms with Crippen LogP contribution in [0.4, 0.5) is 0 Å². The number of ether oxygens (including phenoxy) is 1. The van der Waals surface area contributed by atoms with Gasteiger partial charge in [0, 0.05) is 19.7 Å². The maximum atomic E-state index is 8.80. The third-order valence-corrected chi connectivity index (χ3v) is 3.03. The van der Waals surface area contributed by atoms with Gasteiger partial charge in [-0.25, -0.2) is 0 Å². The molecule has 0 spiro atoms. The first-order valence-corrected chi connectivity index (χ1v) is 6.20. The van der Waals surface area contributed by atoms with Gasteiger partial charge in [-0.05, 0) is 37.0 Å². The molecule has 3 nitrogen and oxygen atoms in total. The zero-order chi connectivity index (χ0) is 11.9. The average molecular weight is 230 g/mol. The van der Waals surface area contributed by atoms with Crippen molar-refractivity contribution < 1.29 is 4.74 Å². The van der Waals surface area contributed by atoms with Gasteiger partial charge in [-0.3, -0.25) is 0 Å². The van der Waals surface area contributed by atoms with Crippen molar-refractivity contribution in [1.82, 2.24) is 5.32 Å². The molecule has 1 N–H and O–H groups in total. The molecule has 1 saturated heterocycles. The second kappa shape index (κ2) is 6.39. The number of nitrogens with zero attached hydrogens (tertiary/aromatic N) is 1. The Bertz CT molecular complexity index is 391. The highest BCUT2D eigenvalue weighted by atomic mass is 16.5. The summed E-state index contributed by atoms with van der Waals surface area (Å²) in [4.78, 5) is 0. The molecule has 1 aliphatic rings. The Labute approximate surface area is 102 Å². The molecule has 1 aromatic rings. The molecule has 1 atom stereocenters. The minimum Gasteiger partial charge on any atom is -0.377 e. The number of nitriles is 1. The van der Waals surface area contributed by atoms with E-state index in [0.717, 1.165) is 37.2 Å². The summed E-state index contributed by atoms with van der Waals surface area (Å²) in [6.07, 6.45) is 3.99. The lowest BCUT2D eigenvalue weighted by atomic mass is 10.1. The lowest BCUT2D eigenvalue weighted by Gasteiger charge is -2.22. The van der Waals surface area contributed by atoms with E-state index in [2.05, 4.69) is 11.4 Å². The Balaban J connectivity index is 1.75. The van der Waals surface area contributed by atoms with Crippen LogP contribution in [0.5, 0.6) is 0 Å². The smallest absolute Gasteiger partial charge is 0.0991 e. The van der Waals surface area contributed by atoms with Gasteiger partial charge in [-0.1, -0.05) is 12.1 Å². The van der Waals surface area contributed by atoms with Crippen LogP contribution < -0.4 is 5.32 Å². The molecule has 0 radical (unpaired) electrons. The van der Waals surface area contributed by atoms with E-state index in [9.17, 15) is 0 Å². The third kappa shape index (κ3) is 3.85. The highest BCUT2D eigenvalue weighted by molar-refractivity contribution is 5.32. The van der Waals surface area contributed by atoms with Crippen molar-refractivity contribution in [3.05, 3.63) is 35.4 Å². The van der Waals surface area contributed by atoms with Crippen LogP contribution in [0, 0.1) is 11.3 Å². The van der Waals surface area contributed by atoms with E-state index in [0.29, 0.717) is 6.10 Å². The Morgan fingerprint density at radius 1 is 1.41 bits per heavy atom. The molecule has 2 rings (SSSR count). The van der Waals surface area contributed by atoms with Crippen LogP contribution in [0.25, 0.3) is 0 Å². The van der Waals surface area contributed by atoms with Gasteiger partial charge in [-0.2, -0.15) is 5.26 Å². The van der Waals surface area contributed by atoms with Gasteiger partial charge < -0.3 is 10.1 Å². The van der Waals surface area contributed by atoms with Crippen molar-refractivity contribution in [2.24, 2.45) is 0 Å². The molecule has 90 valence electrons. The molecule has 1 aromatic carbocycles. The number of benzene rings is 1. The molecule has 17 heavy (non-hydrogen) atoms. The molecule has 0 amide bonds. The van der Waals surface area contributed by atoms with E-state index in [-0.39, 0.29) is 0 Å². The first-order chi connectivity index (χ1) is 8.38. The van der Waals surface area contributed by atoms with E-state index < -0.39 is 0 Å². The molecule has 0 aliphatic carbocycles. The third-order valence-electron chi connectivity index (χ3n) is 3.03. The number of hydrogen-bond donors (Lipinski definition) is 1. The van der Waals surface area contributed by atoms with Gasteiger partial charge in [0.15, 0.2) is 0 Å². The molecule has 3 heteroatoms. The van der Waals surface area contributed by atoms with Crippen molar-refractivity contribution in [3.8, 4) is 6.07 Å². The van der Waals surface area contributed by atoms with Gasteiger partial charge >= 0.3 is 0 Å². The first kappa shape index (κ1) is 12.1. The van der Waals surface area contributed by atoms with Crippen LogP contribution >= 0.6 is 0 Å². The fourth-order valence-electron chi connectivity index (χ4n) is 2.10. The second-order valence-corrected chi connectivity index (χ2v) is 4.43. The van der Waals surface area contributed by atoms with Crippen molar-refractivity contribution >= 4 is 0 Å². The number of hydrogen-bond acceptors (Lipinski definition) is 3. The zero-order valence-electron chi connectivity index (χ0n) is 9.98. The topological polar surface area (TPSA) is 45.0 Å². The lowest BCUT2D eigenvalue weighted by Crippen LogP contribution is -2.31. The van der Waals surface area contributed by atoms with Gasteiger partial charge in [-0.15, -0.1) is 0 Å². The fraction of sp³-hybridized carbons (Fsp3) is 0.500. The SMILES string of the molecule is N#Cc1cccc(CNCC2CCCCO2)c1. The summed E-state index contributed by atoms with van der Waals surface area (Å²) in [6.45, 7) is 2.60. The molecule has 1 fully saturated rings. The summed E-state index contributed by atoms with van der Waals surface area (Å²) in [5.41, 5.74) is 1.87. The summed E-state index contributed by atoms with van der Waals surface area (Å²) in [5, 5.41) is 12.2. The van der Waals surface area contributed by atoms with Gasteiger partial charge in [0.2, 0.25) is 0 Å². The summed E-state index contributed by atoms with van der Waals surface area (Å²) >= 11 is 0. The predicted molar refractivity (Wildman–Crippen MR) is 66.5 cm³/mol. The number of nitrogens with one attached hydrogen (secondary N) is 1. The molecule has 0 aromatic heterocycles. The van der Waals surface area contributed by atoms with Crippen LogP contribution in [-0.2, 0) is 11.3 Å². The van der Waals surface area contributed by atoms with Gasteiger partial charge in [0.05, 0.1) is 17.7 Å². The van der Waals surface area contributed by atoms with E-state index in [1.807, 2.05) is 24.3 Å². The van der Waals surface area contributed by atoms with E-state index >= 15 is 0 Å². The van der Waals surface area contributed by atoms with Gasteiger partial charge in [0.25, 0.3) is 0 Å². The average Bonchev–Trinajstić information content (AvgIpc) is 2.40. The highest BCUT2D eigenvalue weighted by Crippen LogP contribution is 2.12. The van der Waals surface area contributed by atoms with E-state index in [1.165, 1.54) is 12.8 Å². The molecule has 0 bridgehead atoms. The van der Waals surface area contributed by atoms with Crippen molar-refractivity contribution in [2.45, 2.75) is 31.9 Å². The van der Waals surface area contributed by atoms with E-state index in [4.69, 9.17) is 10.00 Å². The van der Waals surface area contributed by atoms with Crippen molar-refractivity contribution in [1.29, 1.82) is 5.26 Å². The molecular formula is C14H18N2O. The molecule has 1 heterocycles. The maximum absolute atomic E-state index is 8.80. The van der Waals surface area contributed by atoms with E-state index in [1.54, 1.807) is 0 Å². The quantitative estimate of drug-likeness (QED) is 0.862. The van der Waals surface area contributed by atoms with Crippen LogP contribution in [0.1, 0.15) is 30.4 Å². The fourth-order valence-corrected chi connectivity index (χ4v) is 2.10. The predicted octanol–water partition coefficient (Wildman–Crippen LogP) is 2.22.